The predicted molar refractivity (Wildman–Crippen MR) is 273 cm³/mol. The Morgan fingerprint density at radius 3 is 1.29 bits per heavy atom. The zero-order valence-corrected chi connectivity index (χ0v) is 41.8. The largest absolute Gasteiger partial charge is 0.466 e. The molecule has 368 valence electrons. The van der Waals surface area contributed by atoms with E-state index in [1.54, 1.807) is 6.08 Å². The molecule has 0 saturated heterocycles. The van der Waals surface area contributed by atoms with E-state index in [-0.39, 0.29) is 18.5 Å². The molecule has 2 unspecified atom stereocenters. The van der Waals surface area contributed by atoms with Crippen LogP contribution < -0.4 is 5.32 Å². The first-order valence-electron chi connectivity index (χ1n) is 27.4. The van der Waals surface area contributed by atoms with Crippen LogP contribution in [0.15, 0.2) is 48.6 Å². The summed E-state index contributed by atoms with van der Waals surface area (Å²) in [5, 5.41) is 23.1. The number of ether oxygens (including phenoxy) is 1. The van der Waals surface area contributed by atoms with Crippen molar-refractivity contribution in [3.05, 3.63) is 48.6 Å². The van der Waals surface area contributed by atoms with Crippen LogP contribution in [0.5, 0.6) is 0 Å². The van der Waals surface area contributed by atoms with Gasteiger partial charge in [0.1, 0.15) is 0 Å². The molecule has 0 aromatic heterocycles. The molecule has 0 bridgehead atoms. The number of carbonyl (C=O) groups excluding carboxylic acids is 2. The van der Waals surface area contributed by atoms with Gasteiger partial charge in [0.2, 0.25) is 5.91 Å². The van der Waals surface area contributed by atoms with Crippen LogP contribution in [0.3, 0.4) is 0 Å². The molecular weight excluding hydrogens is 779 g/mol. The van der Waals surface area contributed by atoms with Crippen LogP contribution in [0.2, 0.25) is 0 Å². The second-order valence-corrected chi connectivity index (χ2v) is 18.5. The topological polar surface area (TPSA) is 95.9 Å². The molecule has 0 fully saturated rings. The summed E-state index contributed by atoms with van der Waals surface area (Å²) in [5.41, 5.74) is 0. The second kappa shape index (κ2) is 52.4. The van der Waals surface area contributed by atoms with E-state index < -0.39 is 12.1 Å². The molecule has 0 aliphatic carbocycles. The summed E-state index contributed by atoms with van der Waals surface area (Å²) in [6, 6.07) is -0.668. The third kappa shape index (κ3) is 49.1. The minimum Gasteiger partial charge on any atom is -0.466 e. The summed E-state index contributed by atoms with van der Waals surface area (Å²) in [5.74, 6) is -0.175. The number of hydrogen-bond acceptors (Lipinski definition) is 5. The lowest BCUT2D eigenvalue weighted by atomic mass is 10.0. The van der Waals surface area contributed by atoms with Crippen molar-refractivity contribution in [2.45, 2.75) is 289 Å². The highest BCUT2D eigenvalue weighted by Crippen LogP contribution is 2.16. The van der Waals surface area contributed by atoms with Gasteiger partial charge in [0.15, 0.2) is 0 Å². The van der Waals surface area contributed by atoms with E-state index in [9.17, 15) is 19.8 Å². The minimum atomic E-state index is -0.878. The third-order valence-electron chi connectivity index (χ3n) is 12.3. The molecule has 0 heterocycles. The van der Waals surface area contributed by atoms with E-state index in [0.29, 0.717) is 19.4 Å². The number of nitrogens with one attached hydrogen (secondary N) is 1. The van der Waals surface area contributed by atoms with E-state index in [1.165, 1.54) is 173 Å². The molecule has 1 amide bonds. The van der Waals surface area contributed by atoms with Crippen LogP contribution in [-0.4, -0.2) is 47.4 Å². The van der Waals surface area contributed by atoms with Crippen molar-refractivity contribution < 1.29 is 24.5 Å². The molecule has 6 nitrogen and oxygen atoms in total. The summed E-state index contributed by atoms with van der Waals surface area (Å²) in [4.78, 5) is 24.5. The zero-order valence-electron chi connectivity index (χ0n) is 41.8. The molecule has 63 heavy (non-hydrogen) atoms. The zero-order chi connectivity index (χ0) is 45.8. The average molecular weight is 884 g/mol. The molecule has 0 rings (SSSR count). The first-order valence-corrected chi connectivity index (χ1v) is 27.4. The Morgan fingerprint density at radius 2 is 0.810 bits per heavy atom. The van der Waals surface area contributed by atoms with Gasteiger partial charge in [-0.1, -0.05) is 229 Å². The van der Waals surface area contributed by atoms with Gasteiger partial charge < -0.3 is 20.3 Å². The summed E-state index contributed by atoms with van der Waals surface area (Å²) in [7, 11) is 0. The SMILES string of the molecule is CCCCC/C=C\C/C=C\CCCCCCCCCC(=O)OCCCCCC/C=C\CCCC(=O)NC(CO)C(O)/C=C/CCCCCCCCCCCCCCCCCCCC. The lowest BCUT2D eigenvalue weighted by molar-refractivity contribution is -0.143. The quantitative estimate of drug-likeness (QED) is 0.0321. The maximum absolute atomic E-state index is 12.4. The lowest BCUT2D eigenvalue weighted by Gasteiger charge is -2.19. The Morgan fingerprint density at radius 1 is 0.444 bits per heavy atom. The Hall–Kier alpha value is -2.18. The number of esters is 1. The van der Waals surface area contributed by atoms with Crippen molar-refractivity contribution in [2.24, 2.45) is 0 Å². The summed E-state index contributed by atoms with van der Waals surface area (Å²) >= 11 is 0. The molecule has 3 N–H and O–H groups in total. The predicted octanol–water partition coefficient (Wildman–Crippen LogP) is 16.6. The Balaban J connectivity index is 3.58. The Bertz CT molecular complexity index is 1070. The van der Waals surface area contributed by atoms with Crippen LogP contribution >= 0.6 is 0 Å². The van der Waals surface area contributed by atoms with Gasteiger partial charge in [-0.25, -0.2) is 0 Å². The van der Waals surface area contributed by atoms with Gasteiger partial charge in [0, 0.05) is 12.8 Å². The highest BCUT2D eigenvalue weighted by molar-refractivity contribution is 5.76. The second-order valence-electron chi connectivity index (χ2n) is 18.5. The lowest BCUT2D eigenvalue weighted by Crippen LogP contribution is -2.45. The van der Waals surface area contributed by atoms with Crippen LogP contribution in [0.1, 0.15) is 277 Å². The summed E-state index contributed by atoms with van der Waals surface area (Å²) in [6.45, 7) is 4.79. The van der Waals surface area contributed by atoms with Crippen molar-refractivity contribution >= 4 is 11.9 Å². The monoisotopic (exact) mass is 884 g/mol. The first kappa shape index (κ1) is 60.8. The normalized spacial score (nSPS) is 13.0. The van der Waals surface area contributed by atoms with Crippen LogP contribution in [0.25, 0.3) is 0 Å². The minimum absolute atomic E-state index is 0.0460. The molecule has 6 heteroatoms. The Labute approximate surface area is 391 Å². The third-order valence-corrected chi connectivity index (χ3v) is 12.3. The fourth-order valence-electron chi connectivity index (χ4n) is 8.08. The van der Waals surface area contributed by atoms with Crippen molar-refractivity contribution in [2.75, 3.05) is 13.2 Å². The van der Waals surface area contributed by atoms with Crippen molar-refractivity contribution in [1.29, 1.82) is 0 Å². The molecular formula is C57H105NO5. The smallest absolute Gasteiger partial charge is 0.305 e. The van der Waals surface area contributed by atoms with E-state index in [1.807, 2.05) is 6.08 Å². The number of allylic oxidation sites excluding steroid dienone is 7. The molecule has 0 radical (unpaired) electrons. The van der Waals surface area contributed by atoms with Gasteiger partial charge in [-0.3, -0.25) is 9.59 Å². The van der Waals surface area contributed by atoms with Gasteiger partial charge in [0.05, 0.1) is 25.4 Å². The van der Waals surface area contributed by atoms with Crippen LogP contribution in [-0.2, 0) is 14.3 Å². The van der Waals surface area contributed by atoms with Crippen LogP contribution in [0.4, 0.5) is 0 Å². The molecule has 0 aromatic rings. The van der Waals surface area contributed by atoms with E-state index >= 15 is 0 Å². The summed E-state index contributed by atoms with van der Waals surface area (Å²) < 4.78 is 5.44. The van der Waals surface area contributed by atoms with E-state index in [0.717, 1.165) is 77.0 Å². The highest BCUT2D eigenvalue weighted by atomic mass is 16.5. The number of hydrogen-bond donors (Lipinski definition) is 3. The van der Waals surface area contributed by atoms with Crippen molar-refractivity contribution in [1.82, 2.24) is 5.32 Å². The van der Waals surface area contributed by atoms with Gasteiger partial charge in [-0.05, 0) is 83.5 Å². The standard InChI is InChI=1S/C57H105NO5/c1-3-5-7-9-11-13-15-17-19-21-22-23-25-26-28-30-33-37-41-45-49-55(60)54(53-59)58-56(61)50-46-42-38-34-32-36-40-44-48-52-63-57(62)51-47-43-39-35-31-29-27-24-20-18-16-14-12-10-8-6-4-2/h12,14,18,20,34,38,45,49,54-55,59-60H,3-11,13,15-17,19,21-33,35-37,39-44,46-48,50-53H2,1-2H3,(H,58,61)/b14-12-,20-18-,38-34-,49-45+. The molecule has 0 aliphatic heterocycles. The Kier molecular flexibility index (Phi) is 50.6. The molecule has 0 aliphatic rings. The van der Waals surface area contributed by atoms with Gasteiger partial charge in [-0.2, -0.15) is 0 Å². The number of carbonyl (C=O) groups is 2. The van der Waals surface area contributed by atoms with E-state index in [4.69, 9.17) is 4.74 Å². The first-order chi connectivity index (χ1) is 31.0. The molecule has 0 aromatic carbocycles. The maximum Gasteiger partial charge on any atom is 0.305 e. The maximum atomic E-state index is 12.4. The fraction of sp³-hybridized carbons (Fsp3) is 0.825. The number of rotatable bonds is 50. The van der Waals surface area contributed by atoms with Gasteiger partial charge in [0.25, 0.3) is 0 Å². The van der Waals surface area contributed by atoms with Gasteiger partial charge >= 0.3 is 5.97 Å². The number of unbranched alkanes of at least 4 members (excludes halogenated alkanes) is 33. The number of aliphatic hydroxyl groups excluding tert-OH is 2. The molecule has 0 spiro atoms. The van der Waals surface area contributed by atoms with Crippen molar-refractivity contribution in [3.8, 4) is 0 Å². The number of amides is 1. The van der Waals surface area contributed by atoms with Crippen LogP contribution in [0, 0.1) is 0 Å². The number of aliphatic hydroxyl groups is 2. The molecule has 0 saturated carbocycles. The molecule has 2 atom stereocenters. The summed E-state index contributed by atoms with van der Waals surface area (Å²) in [6.07, 6.45) is 65.5. The fourth-order valence-corrected chi connectivity index (χ4v) is 8.08. The average Bonchev–Trinajstić information content (AvgIpc) is 3.28. The van der Waals surface area contributed by atoms with Crippen molar-refractivity contribution in [3.63, 3.8) is 0 Å². The van der Waals surface area contributed by atoms with E-state index in [2.05, 4.69) is 55.6 Å². The van der Waals surface area contributed by atoms with Gasteiger partial charge in [-0.15, -0.1) is 0 Å². The highest BCUT2D eigenvalue weighted by Gasteiger charge is 2.17.